The van der Waals surface area contributed by atoms with E-state index in [4.69, 9.17) is 9.47 Å². The number of nitrogens with zero attached hydrogens (tertiary/aromatic N) is 2. The molecule has 2 heterocycles. The van der Waals surface area contributed by atoms with Crippen LogP contribution in [0.25, 0.3) is 0 Å². The minimum atomic E-state index is -3.72. The van der Waals surface area contributed by atoms with E-state index in [1.807, 2.05) is 31.2 Å². The van der Waals surface area contributed by atoms with Gasteiger partial charge in [0.25, 0.3) is 5.91 Å². The number of ether oxygens (including phenoxy) is 2. The molecule has 0 aromatic heterocycles. The number of sulfonamides is 1. The third kappa shape index (κ3) is 3.71. The molecule has 0 unspecified atom stereocenters. The third-order valence-corrected chi connectivity index (χ3v) is 7.86. The Bertz CT molecular complexity index is 1010. The summed E-state index contributed by atoms with van der Waals surface area (Å²) in [6, 6.07) is 13.9. The largest absolute Gasteiger partial charge is 0.497 e. The van der Waals surface area contributed by atoms with Crippen LogP contribution >= 0.6 is 0 Å². The van der Waals surface area contributed by atoms with Crippen LogP contribution < -0.4 is 4.74 Å². The maximum Gasteiger partial charge on any atom is 0.253 e. The molecule has 0 N–H and O–H groups in total. The first-order chi connectivity index (χ1) is 14.4. The van der Waals surface area contributed by atoms with Gasteiger partial charge in [0.2, 0.25) is 10.0 Å². The topological polar surface area (TPSA) is 76.2 Å². The zero-order chi connectivity index (χ0) is 21.4. The molecule has 0 bridgehead atoms. The van der Waals surface area contributed by atoms with Crippen molar-refractivity contribution in [2.45, 2.75) is 30.4 Å². The van der Waals surface area contributed by atoms with Crippen LogP contribution in [0.15, 0.2) is 53.4 Å². The van der Waals surface area contributed by atoms with Gasteiger partial charge in [0.15, 0.2) is 0 Å². The first-order valence-corrected chi connectivity index (χ1v) is 11.5. The van der Waals surface area contributed by atoms with Gasteiger partial charge in [-0.25, -0.2) is 8.42 Å². The lowest BCUT2D eigenvalue weighted by Crippen LogP contribution is -2.55. The molecule has 0 aliphatic carbocycles. The Kier molecular flexibility index (Phi) is 5.57. The van der Waals surface area contributed by atoms with Crippen LogP contribution in [-0.4, -0.2) is 62.6 Å². The highest BCUT2D eigenvalue weighted by Crippen LogP contribution is 2.38. The zero-order valence-corrected chi connectivity index (χ0v) is 18.0. The van der Waals surface area contributed by atoms with E-state index in [1.54, 1.807) is 36.3 Å². The maximum atomic E-state index is 13.3. The molecule has 2 aromatic rings. The van der Waals surface area contributed by atoms with E-state index in [-0.39, 0.29) is 10.8 Å². The van der Waals surface area contributed by atoms with Gasteiger partial charge in [-0.15, -0.1) is 0 Å². The van der Waals surface area contributed by atoms with Gasteiger partial charge in [0, 0.05) is 38.0 Å². The molecule has 1 spiro atoms. The Hall–Kier alpha value is -2.42. The number of aryl methyl sites for hydroxylation is 1. The quantitative estimate of drug-likeness (QED) is 0.745. The maximum absolute atomic E-state index is 13.3. The van der Waals surface area contributed by atoms with Gasteiger partial charge in [-0.1, -0.05) is 17.7 Å². The van der Waals surface area contributed by atoms with Gasteiger partial charge in [-0.05, 0) is 43.3 Å². The summed E-state index contributed by atoms with van der Waals surface area (Å²) in [5.41, 5.74) is 0.845. The molecule has 0 radical (unpaired) electrons. The minimum Gasteiger partial charge on any atom is -0.497 e. The SMILES string of the molecule is COc1ccc(S(=O)(=O)N2CCOC23CCN(C(=O)c2ccc(C)cc2)CC3)cc1. The second-order valence-corrected chi connectivity index (χ2v) is 9.57. The number of hydrogen-bond donors (Lipinski definition) is 0. The first-order valence-electron chi connectivity index (χ1n) is 10.0. The monoisotopic (exact) mass is 430 g/mol. The van der Waals surface area contributed by atoms with E-state index in [1.165, 1.54) is 4.31 Å². The molecule has 30 heavy (non-hydrogen) atoms. The highest BCUT2D eigenvalue weighted by atomic mass is 32.2. The van der Waals surface area contributed by atoms with Crippen molar-refractivity contribution in [3.8, 4) is 5.75 Å². The van der Waals surface area contributed by atoms with Gasteiger partial charge >= 0.3 is 0 Å². The van der Waals surface area contributed by atoms with Crippen molar-refractivity contribution in [2.24, 2.45) is 0 Å². The number of methoxy groups -OCH3 is 1. The lowest BCUT2D eigenvalue weighted by molar-refractivity contribution is -0.0857. The minimum absolute atomic E-state index is 0.0348. The number of benzene rings is 2. The molecule has 7 nitrogen and oxygen atoms in total. The molecule has 4 rings (SSSR count). The Morgan fingerprint density at radius 2 is 1.63 bits per heavy atom. The van der Waals surface area contributed by atoms with Gasteiger partial charge in [-0.2, -0.15) is 4.31 Å². The average Bonchev–Trinajstić information content (AvgIpc) is 3.18. The molecule has 8 heteroatoms. The summed E-state index contributed by atoms with van der Waals surface area (Å²) in [5.74, 6) is 0.566. The van der Waals surface area contributed by atoms with Crippen LogP contribution in [0.5, 0.6) is 5.75 Å². The van der Waals surface area contributed by atoms with Crippen molar-refractivity contribution in [1.82, 2.24) is 9.21 Å². The summed E-state index contributed by atoms with van der Waals surface area (Å²) in [6.07, 6.45) is 0.889. The Balaban J connectivity index is 1.50. The molecule has 2 saturated heterocycles. The molecular formula is C22H26N2O5S. The fourth-order valence-corrected chi connectivity index (χ4v) is 5.86. The van der Waals surface area contributed by atoms with E-state index >= 15 is 0 Å². The predicted molar refractivity (Wildman–Crippen MR) is 112 cm³/mol. The van der Waals surface area contributed by atoms with Crippen molar-refractivity contribution >= 4 is 15.9 Å². The lowest BCUT2D eigenvalue weighted by Gasteiger charge is -2.42. The highest BCUT2D eigenvalue weighted by molar-refractivity contribution is 7.89. The second kappa shape index (κ2) is 8.02. The Morgan fingerprint density at radius 1 is 1.00 bits per heavy atom. The van der Waals surface area contributed by atoms with Gasteiger partial charge in [-0.3, -0.25) is 4.79 Å². The number of amides is 1. The molecule has 0 saturated carbocycles. The number of carbonyl (C=O) groups excluding carboxylic acids is 1. The van der Waals surface area contributed by atoms with Crippen molar-refractivity contribution in [3.63, 3.8) is 0 Å². The van der Waals surface area contributed by atoms with E-state index in [0.29, 0.717) is 50.4 Å². The Morgan fingerprint density at radius 3 is 2.23 bits per heavy atom. The molecule has 0 atom stereocenters. The van der Waals surface area contributed by atoms with Gasteiger partial charge in [0.05, 0.1) is 18.6 Å². The van der Waals surface area contributed by atoms with Crippen LogP contribution in [0.4, 0.5) is 0 Å². The van der Waals surface area contributed by atoms with E-state index in [0.717, 1.165) is 5.56 Å². The second-order valence-electron chi connectivity index (χ2n) is 7.71. The van der Waals surface area contributed by atoms with E-state index < -0.39 is 15.7 Å². The summed E-state index contributed by atoms with van der Waals surface area (Å²) in [5, 5.41) is 0. The summed E-state index contributed by atoms with van der Waals surface area (Å²) >= 11 is 0. The van der Waals surface area contributed by atoms with Crippen LogP contribution in [0, 0.1) is 6.92 Å². The summed E-state index contributed by atoms with van der Waals surface area (Å²) in [4.78, 5) is 14.8. The normalized spacial score (nSPS) is 19.2. The van der Waals surface area contributed by atoms with Crippen LogP contribution in [-0.2, 0) is 14.8 Å². The van der Waals surface area contributed by atoms with Crippen molar-refractivity contribution < 1.29 is 22.7 Å². The van der Waals surface area contributed by atoms with Crippen molar-refractivity contribution in [1.29, 1.82) is 0 Å². The lowest BCUT2D eigenvalue weighted by atomic mass is 9.99. The zero-order valence-electron chi connectivity index (χ0n) is 17.2. The molecule has 160 valence electrons. The standard InChI is InChI=1S/C22H26N2O5S/c1-17-3-5-18(6-4-17)21(25)23-13-11-22(12-14-23)24(15-16-29-22)30(26,27)20-9-7-19(28-2)8-10-20/h3-10H,11-16H2,1-2H3. The van der Waals surface area contributed by atoms with Crippen LogP contribution in [0.1, 0.15) is 28.8 Å². The molecule has 2 aliphatic rings. The van der Waals surface area contributed by atoms with Gasteiger partial charge < -0.3 is 14.4 Å². The highest BCUT2D eigenvalue weighted by Gasteiger charge is 2.51. The summed E-state index contributed by atoms with van der Waals surface area (Å²) in [7, 11) is -2.18. The average molecular weight is 431 g/mol. The summed E-state index contributed by atoms with van der Waals surface area (Å²) < 4.78 is 39.2. The van der Waals surface area contributed by atoms with Crippen LogP contribution in [0.2, 0.25) is 0 Å². The van der Waals surface area contributed by atoms with Gasteiger partial charge in [0.1, 0.15) is 11.5 Å². The number of piperidine rings is 1. The molecule has 2 aliphatic heterocycles. The fourth-order valence-electron chi connectivity index (χ4n) is 4.14. The predicted octanol–water partition coefficient (Wildman–Crippen LogP) is 2.66. The summed E-state index contributed by atoms with van der Waals surface area (Å²) in [6.45, 7) is 3.53. The van der Waals surface area contributed by atoms with Crippen LogP contribution in [0.3, 0.4) is 0 Å². The fraction of sp³-hybridized carbons (Fsp3) is 0.409. The molecule has 2 aromatic carbocycles. The smallest absolute Gasteiger partial charge is 0.253 e. The van der Waals surface area contributed by atoms with E-state index in [2.05, 4.69) is 0 Å². The molecular weight excluding hydrogens is 404 g/mol. The first kappa shape index (κ1) is 20.8. The number of carbonyl (C=O) groups is 1. The number of rotatable bonds is 4. The number of likely N-dealkylation sites (tertiary alicyclic amines) is 1. The Labute approximate surface area is 177 Å². The van der Waals surface area contributed by atoms with Crippen molar-refractivity contribution in [2.75, 3.05) is 33.4 Å². The van der Waals surface area contributed by atoms with Crippen molar-refractivity contribution in [3.05, 3.63) is 59.7 Å². The number of hydrogen-bond acceptors (Lipinski definition) is 5. The molecule has 2 fully saturated rings. The van der Waals surface area contributed by atoms with E-state index in [9.17, 15) is 13.2 Å². The molecule has 1 amide bonds. The third-order valence-electron chi connectivity index (χ3n) is 5.90.